The van der Waals surface area contributed by atoms with Gasteiger partial charge in [0.1, 0.15) is 0 Å². The second-order valence-electron chi connectivity index (χ2n) is 4.28. The van der Waals surface area contributed by atoms with Crippen LogP contribution < -0.4 is 0 Å². The summed E-state index contributed by atoms with van der Waals surface area (Å²) in [6.45, 7) is 2.27. The van der Waals surface area contributed by atoms with Crippen molar-refractivity contribution >= 4 is 11.8 Å². The monoisotopic (exact) mass is 236 g/mol. The summed E-state index contributed by atoms with van der Waals surface area (Å²) in [6, 6.07) is 10.7. The molecule has 0 atom stereocenters. The first kappa shape index (κ1) is 13.6. The normalized spacial score (nSPS) is 10.6. The van der Waals surface area contributed by atoms with Crippen molar-refractivity contribution in [2.75, 3.05) is 5.75 Å². The van der Waals surface area contributed by atoms with E-state index >= 15 is 0 Å². The molecule has 0 aromatic heterocycles. The van der Waals surface area contributed by atoms with Gasteiger partial charge in [0.2, 0.25) is 0 Å². The molecule has 0 bridgehead atoms. The molecule has 0 aliphatic carbocycles. The molecule has 0 nitrogen and oxygen atoms in total. The van der Waals surface area contributed by atoms with Crippen molar-refractivity contribution in [3.05, 3.63) is 30.3 Å². The molecule has 0 fully saturated rings. The SMILES string of the molecule is CCCCCCCCCSc1ccccc1. The standard InChI is InChI=1S/C15H24S/c1-2-3-4-5-6-7-11-14-16-15-12-9-8-10-13-15/h8-10,12-13H,2-7,11,14H2,1H3. The molecule has 1 heteroatoms. The number of rotatable bonds is 9. The predicted molar refractivity (Wildman–Crippen MR) is 75.2 cm³/mol. The van der Waals surface area contributed by atoms with E-state index < -0.39 is 0 Å². The van der Waals surface area contributed by atoms with Crippen molar-refractivity contribution in [1.82, 2.24) is 0 Å². The van der Waals surface area contributed by atoms with Gasteiger partial charge in [-0.2, -0.15) is 0 Å². The maximum Gasteiger partial charge on any atom is 0.00719 e. The first-order valence-corrected chi connectivity index (χ1v) is 7.60. The molecular formula is C15H24S. The van der Waals surface area contributed by atoms with Crippen molar-refractivity contribution < 1.29 is 0 Å². The fourth-order valence-corrected chi connectivity index (χ4v) is 2.70. The number of unbranched alkanes of at least 4 members (excludes halogenated alkanes) is 6. The summed E-state index contributed by atoms with van der Waals surface area (Å²) in [4.78, 5) is 1.41. The molecule has 1 rings (SSSR count). The van der Waals surface area contributed by atoms with Gasteiger partial charge in [0.15, 0.2) is 0 Å². The first-order valence-electron chi connectivity index (χ1n) is 6.61. The van der Waals surface area contributed by atoms with Crippen molar-refractivity contribution in [3.63, 3.8) is 0 Å². The third-order valence-electron chi connectivity index (χ3n) is 2.76. The molecule has 0 aliphatic rings. The van der Waals surface area contributed by atoms with Gasteiger partial charge in [-0.05, 0) is 24.3 Å². The van der Waals surface area contributed by atoms with Crippen LogP contribution in [-0.2, 0) is 0 Å². The average molecular weight is 236 g/mol. The van der Waals surface area contributed by atoms with Crippen LogP contribution in [0.5, 0.6) is 0 Å². The lowest BCUT2D eigenvalue weighted by Gasteiger charge is -2.02. The molecule has 0 N–H and O–H groups in total. The van der Waals surface area contributed by atoms with Crippen LogP contribution in [0.1, 0.15) is 51.9 Å². The van der Waals surface area contributed by atoms with Gasteiger partial charge in [-0.25, -0.2) is 0 Å². The van der Waals surface area contributed by atoms with E-state index in [9.17, 15) is 0 Å². The average Bonchev–Trinajstić information content (AvgIpc) is 2.34. The maximum atomic E-state index is 2.27. The van der Waals surface area contributed by atoms with E-state index in [0.29, 0.717) is 0 Å². The van der Waals surface area contributed by atoms with Crippen LogP contribution in [0.3, 0.4) is 0 Å². The highest BCUT2D eigenvalue weighted by Gasteiger charge is 1.93. The highest BCUT2D eigenvalue weighted by Crippen LogP contribution is 2.19. The minimum absolute atomic E-state index is 1.28. The number of hydrogen-bond donors (Lipinski definition) is 0. The van der Waals surface area contributed by atoms with Crippen LogP contribution in [0.2, 0.25) is 0 Å². The van der Waals surface area contributed by atoms with E-state index in [1.807, 2.05) is 11.8 Å². The summed E-state index contributed by atoms with van der Waals surface area (Å²) >= 11 is 1.99. The van der Waals surface area contributed by atoms with E-state index in [1.165, 1.54) is 55.6 Å². The highest BCUT2D eigenvalue weighted by molar-refractivity contribution is 7.99. The molecule has 16 heavy (non-hydrogen) atoms. The topological polar surface area (TPSA) is 0 Å². The molecule has 0 aliphatic heterocycles. The number of thioether (sulfide) groups is 1. The van der Waals surface area contributed by atoms with E-state index in [-0.39, 0.29) is 0 Å². The number of benzene rings is 1. The van der Waals surface area contributed by atoms with Crippen LogP contribution >= 0.6 is 11.8 Å². The first-order chi connectivity index (χ1) is 7.93. The fourth-order valence-electron chi connectivity index (χ4n) is 1.77. The lowest BCUT2D eigenvalue weighted by Crippen LogP contribution is -1.82. The zero-order valence-corrected chi connectivity index (χ0v) is 11.3. The van der Waals surface area contributed by atoms with Gasteiger partial charge >= 0.3 is 0 Å². The summed E-state index contributed by atoms with van der Waals surface area (Å²) < 4.78 is 0. The smallest absolute Gasteiger partial charge is 0.00719 e. The van der Waals surface area contributed by atoms with Crippen LogP contribution in [0.4, 0.5) is 0 Å². The Morgan fingerprint density at radius 1 is 0.812 bits per heavy atom. The van der Waals surface area contributed by atoms with Gasteiger partial charge in [0, 0.05) is 4.90 Å². The summed E-state index contributed by atoms with van der Waals surface area (Å²) in [6.07, 6.45) is 9.83. The van der Waals surface area contributed by atoms with Crippen molar-refractivity contribution in [1.29, 1.82) is 0 Å². The summed E-state index contributed by atoms with van der Waals surface area (Å²) in [7, 11) is 0. The van der Waals surface area contributed by atoms with E-state index in [4.69, 9.17) is 0 Å². The van der Waals surface area contributed by atoms with Crippen LogP contribution in [-0.4, -0.2) is 5.75 Å². The largest absolute Gasteiger partial charge is 0.126 e. The predicted octanol–water partition coefficient (Wildman–Crippen LogP) is 5.53. The third kappa shape index (κ3) is 6.95. The Morgan fingerprint density at radius 2 is 1.44 bits per heavy atom. The summed E-state index contributed by atoms with van der Waals surface area (Å²) in [5.74, 6) is 1.28. The van der Waals surface area contributed by atoms with Gasteiger partial charge in [-0.15, -0.1) is 11.8 Å². The Hall–Kier alpha value is -0.430. The third-order valence-corrected chi connectivity index (χ3v) is 3.86. The van der Waals surface area contributed by atoms with Gasteiger partial charge in [0.25, 0.3) is 0 Å². The Labute approximate surface area is 105 Å². The molecule has 0 saturated heterocycles. The molecule has 90 valence electrons. The zero-order chi connectivity index (χ0) is 11.5. The lowest BCUT2D eigenvalue weighted by molar-refractivity contribution is 0.603. The summed E-state index contributed by atoms with van der Waals surface area (Å²) in [5.41, 5.74) is 0. The minimum atomic E-state index is 1.28. The Balaban J connectivity index is 1.89. The van der Waals surface area contributed by atoms with Gasteiger partial charge < -0.3 is 0 Å². The Kier molecular flexibility index (Phi) is 8.33. The van der Waals surface area contributed by atoms with Crippen molar-refractivity contribution in [2.45, 2.75) is 56.8 Å². The van der Waals surface area contributed by atoms with Crippen molar-refractivity contribution in [2.24, 2.45) is 0 Å². The molecule has 0 heterocycles. The molecule has 0 spiro atoms. The zero-order valence-electron chi connectivity index (χ0n) is 10.5. The minimum Gasteiger partial charge on any atom is -0.126 e. The summed E-state index contributed by atoms with van der Waals surface area (Å²) in [5, 5.41) is 0. The molecule has 0 radical (unpaired) electrons. The Bertz CT molecular complexity index is 243. The second kappa shape index (κ2) is 9.77. The van der Waals surface area contributed by atoms with E-state index in [0.717, 1.165) is 0 Å². The lowest BCUT2D eigenvalue weighted by atomic mass is 10.1. The van der Waals surface area contributed by atoms with Crippen LogP contribution in [0, 0.1) is 0 Å². The van der Waals surface area contributed by atoms with Gasteiger partial charge in [-0.3, -0.25) is 0 Å². The number of hydrogen-bond acceptors (Lipinski definition) is 1. The van der Waals surface area contributed by atoms with Crippen LogP contribution in [0.15, 0.2) is 35.2 Å². The molecule has 0 amide bonds. The second-order valence-corrected chi connectivity index (χ2v) is 5.45. The van der Waals surface area contributed by atoms with Crippen LogP contribution in [0.25, 0.3) is 0 Å². The van der Waals surface area contributed by atoms with E-state index in [2.05, 4.69) is 37.3 Å². The Morgan fingerprint density at radius 3 is 2.12 bits per heavy atom. The molecule has 1 aromatic rings. The van der Waals surface area contributed by atoms with Gasteiger partial charge in [-0.1, -0.05) is 63.6 Å². The fraction of sp³-hybridized carbons (Fsp3) is 0.600. The molecule has 0 unspecified atom stereocenters. The van der Waals surface area contributed by atoms with Gasteiger partial charge in [0.05, 0.1) is 0 Å². The quantitative estimate of drug-likeness (QED) is 0.401. The van der Waals surface area contributed by atoms with E-state index in [1.54, 1.807) is 0 Å². The molecule has 0 saturated carbocycles. The maximum absolute atomic E-state index is 2.27. The molecule has 1 aromatic carbocycles. The van der Waals surface area contributed by atoms with Crippen molar-refractivity contribution in [3.8, 4) is 0 Å². The highest BCUT2D eigenvalue weighted by atomic mass is 32.2. The molecular weight excluding hydrogens is 212 g/mol.